The van der Waals surface area contributed by atoms with E-state index in [2.05, 4.69) is 10.5 Å². The summed E-state index contributed by atoms with van der Waals surface area (Å²) in [7, 11) is -3.94. The Labute approximate surface area is 189 Å². The highest BCUT2D eigenvalue weighted by Gasteiger charge is 2.27. The fourth-order valence-electron chi connectivity index (χ4n) is 3.20. The van der Waals surface area contributed by atoms with Crippen LogP contribution in [0.3, 0.4) is 0 Å². The number of hydrazone groups is 1. The number of sulfonamides is 1. The van der Waals surface area contributed by atoms with Gasteiger partial charge >= 0.3 is 0 Å². The zero-order valence-electron chi connectivity index (χ0n) is 18.7. The molecule has 0 aliphatic rings. The average molecular weight is 450 g/mol. The normalized spacial score (nSPS) is 11.5. The van der Waals surface area contributed by atoms with Crippen molar-refractivity contribution in [1.29, 1.82) is 0 Å². The Bertz CT molecular complexity index is 1240. The lowest BCUT2D eigenvalue weighted by atomic mass is 10.00. The molecule has 6 nitrogen and oxygen atoms in total. The number of amides is 1. The molecular formula is C25H27N3O3S. The lowest BCUT2D eigenvalue weighted by Gasteiger charge is -2.23. The molecule has 3 aromatic carbocycles. The maximum Gasteiger partial charge on any atom is 0.264 e. The number of aryl methyl sites for hydroxylation is 2. The van der Waals surface area contributed by atoms with Gasteiger partial charge in [-0.25, -0.2) is 13.8 Å². The lowest BCUT2D eigenvalue weighted by Crippen LogP contribution is -2.39. The van der Waals surface area contributed by atoms with Crippen LogP contribution in [0.5, 0.6) is 0 Å². The van der Waals surface area contributed by atoms with Gasteiger partial charge < -0.3 is 0 Å². The molecular weight excluding hydrogens is 422 g/mol. The minimum Gasteiger partial charge on any atom is -0.271 e. The number of hydrogen-bond donors (Lipinski definition) is 1. The third kappa shape index (κ3) is 5.23. The Morgan fingerprint density at radius 1 is 0.906 bits per heavy atom. The molecule has 0 fully saturated rings. The van der Waals surface area contributed by atoms with Crippen LogP contribution in [0.25, 0.3) is 0 Å². The van der Waals surface area contributed by atoms with E-state index in [9.17, 15) is 13.2 Å². The molecule has 0 heterocycles. The summed E-state index contributed by atoms with van der Waals surface area (Å²) in [4.78, 5) is 12.8. The third-order valence-electron chi connectivity index (χ3n) is 5.43. The molecule has 0 unspecified atom stereocenters. The molecule has 7 heteroatoms. The monoisotopic (exact) mass is 449 g/mol. The summed E-state index contributed by atoms with van der Waals surface area (Å²) >= 11 is 0. The molecule has 32 heavy (non-hydrogen) atoms. The van der Waals surface area contributed by atoms with E-state index in [0.29, 0.717) is 5.69 Å². The van der Waals surface area contributed by atoms with Gasteiger partial charge in [0.25, 0.3) is 15.9 Å². The summed E-state index contributed by atoms with van der Waals surface area (Å²) in [6.07, 6.45) is 1.57. The van der Waals surface area contributed by atoms with Crippen LogP contribution < -0.4 is 9.73 Å². The fourth-order valence-corrected chi connectivity index (χ4v) is 4.64. The third-order valence-corrected chi connectivity index (χ3v) is 7.22. The number of hydrogen-bond acceptors (Lipinski definition) is 4. The van der Waals surface area contributed by atoms with Crippen LogP contribution in [0, 0.1) is 27.7 Å². The smallest absolute Gasteiger partial charge is 0.264 e. The van der Waals surface area contributed by atoms with Crippen molar-refractivity contribution in [3.63, 3.8) is 0 Å². The SMILES string of the molecule is Cc1ccc(N(CC(=O)N/N=C\c2ccc(C)c(C)c2C)S(=O)(=O)c2ccccc2)cc1. The first kappa shape index (κ1) is 23.2. The number of nitrogens with zero attached hydrogens (tertiary/aromatic N) is 2. The molecule has 0 radical (unpaired) electrons. The van der Waals surface area contributed by atoms with Crippen LogP contribution >= 0.6 is 0 Å². The van der Waals surface area contributed by atoms with Gasteiger partial charge in [0.15, 0.2) is 0 Å². The second-order valence-corrected chi connectivity index (χ2v) is 9.54. The molecule has 0 saturated heterocycles. The van der Waals surface area contributed by atoms with Gasteiger partial charge in [-0.1, -0.05) is 48.0 Å². The highest BCUT2D eigenvalue weighted by atomic mass is 32.2. The van der Waals surface area contributed by atoms with Crippen molar-refractivity contribution in [3.8, 4) is 0 Å². The number of nitrogens with one attached hydrogen (secondary N) is 1. The van der Waals surface area contributed by atoms with E-state index < -0.39 is 22.5 Å². The molecule has 0 spiro atoms. The maximum absolute atomic E-state index is 13.3. The molecule has 0 aliphatic heterocycles. The summed E-state index contributed by atoms with van der Waals surface area (Å²) in [6.45, 7) is 7.59. The molecule has 0 aliphatic carbocycles. The summed E-state index contributed by atoms with van der Waals surface area (Å²) in [5, 5.41) is 4.04. The zero-order chi connectivity index (χ0) is 23.3. The number of benzene rings is 3. The molecule has 1 N–H and O–H groups in total. The fraction of sp³-hybridized carbons (Fsp3) is 0.200. The van der Waals surface area contributed by atoms with Crippen molar-refractivity contribution < 1.29 is 13.2 Å². The highest BCUT2D eigenvalue weighted by Crippen LogP contribution is 2.24. The Hall–Kier alpha value is -3.45. The molecule has 0 saturated carbocycles. The predicted molar refractivity (Wildman–Crippen MR) is 129 cm³/mol. The first-order valence-corrected chi connectivity index (χ1v) is 11.7. The second kappa shape index (κ2) is 9.78. The van der Waals surface area contributed by atoms with Gasteiger partial charge in [-0.15, -0.1) is 0 Å². The second-order valence-electron chi connectivity index (χ2n) is 7.68. The van der Waals surface area contributed by atoms with Crippen molar-refractivity contribution in [2.75, 3.05) is 10.8 Å². The van der Waals surface area contributed by atoms with E-state index in [-0.39, 0.29) is 4.90 Å². The van der Waals surface area contributed by atoms with Crippen molar-refractivity contribution in [1.82, 2.24) is 5.43 Å². The minimum absolute atomic E-state index is 0.114. The molecule has 0 aromatic heterocycles. The van der Waals surface area contributed by atoms with Gasteiger partial charge in [0.1, 0.15) is 6.54 Å². The summed E-state index contributed by atoms with van der Waals surface area (Å²) in [6, 6.07) is 19.0. The zero-order valence-corrected chi connectivity index (χ0v) is 19.5. The Balaban J connectivity index is 1.83. The summed E-state index contributed by atoms with van der Waals surface area (Å²) in [5.41, 5.74) is 8.17. The standard InChI is InChI=1S/C25H27N3O3S/c1-18-10-14-23(15-11-18)28(32(30,31)24-8-6-5-7-9-24)17-25(29)27-26-16-22-13-12-19(2)20(3)21(22)4/h5-16H,17H2,1-4H3,(H,27,29)/b26-16-. The van der Waals surface area contributed by atoms with Gasteiger partial charge in [0.2, 0.25) is 0 Å². The first-order valence-electron chi connectivity index (χ1n) is 10.2. The maximum atomic E-state index is 13.3. The molecule has 1 amide bonds. The molecule has 166 valence electrons. The van der Waals surface area contributed by atoms with E-state index >= 15 is 0 Å². The van der Waals surface area contributed by atoms with E-state index in [1.54, 1.807) is 48.7 Å². The molecule has 0 bridgehead atoms. The molecule has 3 rings (SSSR count). The Morgan fingerprint density at radius 3 is 2.22 bits per heavy atom. The van der Waals surface area contributed by atoms with Gasteiger partial charge in [0, 0.05) is 0 Å². The lowest BCUT2D eigenvalue weighted by molar-refractivity contribution is -0.119. The Kier molecular flexibility index (Phi) is 7.10. The van der Waals surface area contributed by atoms with Crippen LogP contribution in [-0.2, 0) is 14.8 Å². The molecule has 0 atom stereocenters. The molecule has 3 aromatic rings. The topological polar surface area (TPSA) is 78.8 Å². The highest BCUT2D eigenvalue weighted by molar-refractivity contribution is 7.92. The number of anilines is 1. The van der Waals surface area contributed by atoms with Crippen molar-refractivity contribution in [2.24, 2.45) is 5.10 Å². The van der Waals surface area contributed by atoms with Crippen molar-refractivity contribution >= 4 is 27.8 Å². The van der Waals surface area contributed by atoms with E-state index in [4.69, 9.17) is 0 Å². The van der Waals surface area contributed by atoms with Crippen LogP contribution in [0.2, 0.25) is 0 Å². The van der Waals surface area contributed by atoms with Crippen LogP contribution in [0.4, 0.5) is 5.69 Å². The summed E-state index contributed by atoms with van der Waals surface area (Å²) < 4.78 is 27.6. The van der Waals surface area contributed by atoms with Crippen molar-refractivity contribution in [2.45, 2.75) is 32.6 Å². The summed E-state index contributed by atoms with van der Waals surface area (Å²) in [5.74, 6) is -0.539. The quantitative estimate of drug-likeness (QED) is 0.432. The van der Waals surface area contributed by atoms with Gasteiger partial charge in [-0.3, -0.25) is 9.10 Å². The number of carbonyl (C=O) groups is 1. The Morgan fingerprint density at radius 2 is 1.56 bits per heavy atom. The van der Waals surface area contributed by atoms with E-state index in [0.717, 1.165) is 21.0 Å². The number of rotatable bonds is 7. The average Bonchev–Trinajstić information content (AvgIpc) is 2.78. The number of carbonyl (C=O) groups excluding carboxylic acids is 1. The van der Waals surface area contributed by atoms with Crippen LogP contribution in [0.1, 0.15) is 27.8 Å². The van der Waals surface area contributed by atoms with Crippen molar-refractivity contribution in [3.05, 3.63) is 94.5 Å². The predicted octanol–water partition coefficient (Wildman–Crippen LogP) is 4.27. The minimum atomic E-state index is -3.94. The van der Waals surface area contributed by atoms with Gasteiger partial charge in [-0.2, -0.15) is 5.10 Å². The van der Waals surface area contributed by atoms with Crippen LogP contribution in [0.15, 0.2) is 76.7 Å². The van der Waals surface area contributed by atoms with E-state index in [1.165, 1.54) is 23.3 Å². The largest absolute Gasteiger partial charge is 0.271 e. The van der Waals surface area contributed by atoms with E-state index in [1.807, 2.05) is 39.8 Å². The van der Waals surface area contributed by atoms with Gasteiger partial charge in [-0.05, 0) is 74.2 Å². The van der Waals surface area contributed by atoms with Crippen LogP contribution in [-0.4, -0.2) is 27.1 Å². The first-order chi connectivity index (χ1) is 15.2. The van der Waals surface area contributed by atoms with Gasteiger partial charge in [0.05, 0.1) is 16.8 Å².